The summed E-state index contributed by atoms with van der Waals surface area (Å²) in [6.45, 7) is 1.59. The van der Waals surface area contributed by atoms with Gasteiger partial charge >= 0.3 is 6.18 Å². The molecule has 0 spiro atoms. The van der Waals surface area contributed by atoms with Crippen LogP contribution in [0.5, 0.6) is 0 Å². The van der Waals surface area contributed by atoms with E-state index >= 15 is 0 Å². The number of piperazine rings is 1. The number of furan rings is 1. The summed E-state index contributed by atoms with van der Waals surface area (Å²) in [7, 11) is 0. The maximum Gasteiger partial charge on any atom is 0.401 e. The molecule has 0 amide bonds. The van der Waals surface area contributed by atoms with Gasteiger partial charge in [-0.25, -0.2) is 0 Å². The van der Waals surface area contributed by atoms with E-state index in [0.29, 0.717) is 32.7 Å². The van der Waals surface area contributed by atoms with Crippen LogP contribution in [0.25, 0.3) is 0 Å². The van der Waals surface area contributed by atoms with Crippen LogP contribution < -0.4 is 5.73 Å². The van der Waals surface area contributed by atoms with Crippen LogP contribution in [-0.4, -0.2) is 55.2 Å². The first-order valence-electron chi connectivity index (χ1n) is 6.25. The fourth-order valence-corrected chi connectivity index (χ4v) is 2.45. The van der Waals surface area contributed by atoms with Crippen molar-refractivity contribution >= 4 is 0 Å². The van der Waals surface area contributed by atoms with Gasteiger partial charge in [-0.05, 0) is 6.07 Å². The summed E-state index contributed by atoms with van der Waals surface area (Å²) in [5.41, 5.74) is 6.73. The molecular formula is C12H18F3N3O. The van der Waals surface area contributed by atoms with E-state index in [0.717, 1.165) is 5.56 Å². The third-order valence-electron chi connectivity index (χ3n) is 3.40. The molecule has 1 unspecified atom stereocenters. The van der Waals surface area contributed by atoms with Crippen LogP contribution in [-0.2, 0) is 0 Å². The van der Waals surface area contributed by atoms with Crippen molar-refractivity contribution in [2.24, 2.45) is 5.73 Å². The molecular weight excluding hydrogens is 259 g/mol. The summed E-state index contributed by atoms with van der Waals surface area (Å²) >= 11 is 0. The minimum Gasteiger partial charge on any atom is -0.472 e. The summed E-state index contributed by atoms with van der Waals surface area (Å²) in [5, 5.41) is 0. The number of alkyl halides is 3. The van der Waals surface area contributed by atoms with Crippen molar-refractivity contribution in [3.63, 3.8) is 0 Å². The van der Waals surface area contributed by atoms with Crippen LogP contribution in [0.2, 0.25) is 0 Å². The van der Waals surface area contributed by atoms with Crippen LogP contribution in [0, 0.1) is 0 Å². The van der Waals surface area contributed by atoms with Gasteiger partial charge in [0.2, 0.25) is 0 Å². The second-order valence-corrected chi connectivity index (χ2v) is 4.74. The predicted molar refractivity (Wildman–Crippen MR) is 64.6 cm³/mol. The molecule has 1 fully saturated rings. The Kier molecular flexibility index (Phi) is 4.49. The molecule has 1 atom stereocenters. The van der Waals surface area contributed by atoms with E-state index in [1.807, 2.05) is 6.07 Å². The zero-order chi connectivity index (χ0) is 13.9. The smallest absolute Gasteiger partial charge is 0.401 e. The van der Waals surface area contributed by atoms with Gasteiger partial charge in [0, 0.05) is 38.3 Å². The van der Waals surface area contributed by atoms with Gasteiger partial charge in [0.1, 0.15) is 0 Å². The molecule has 1 aromatic rings. The Labute approximate surface area is 109 Å². The van der Waals surface area contributed by atoms with Crippen LogP contribution in [0.1, 0.15) is 11.6 Å². The minimum absolute atomic E-state index is 0.0202. The molecule has 2 rings (SSSR count). The zero-order valence-electron chi connectivity index (χ0n) is 10.6. The van der Waals surface area contributed by atoms with Gasteiger partial charge in [0.15, 0.2) is 0 Å². The van der Waals surface area contributed by atoms with Gasteiger partial charge in [-0.1, -0.05) is 0 Å². The van der Waals surface area contributed by atoms with Crippen LogP contribution in [0.15, 0.2) is 23.0 Å². The molecule has 4 nitrogen and oxygen atoms in total. The molecule has 7 heteroatoms. The lowest BCUT2D eigenvalue weighted by Gasteiger charge is -2.38. The Hall–Kier alpha value is -1.05. The SMILES string of the molecule is NCC(c1ccoc1)N1CCN(CC(F)(F)F)CC1. The Morgan fingerprint density at radius 3 is 2.42 bits per heavy atom. The van der Waals surface area contributed by atoms with Crippen molar-refractivity contribution in [3.8, 4) is 0 Å². The van der Waals surface area contributed by atoms with Crippen molar-refractivity contribution in [2.75, 3.05) is 39.3 Å². The molecule has 0 radical (unpaired) electrons. The van der Waals surface area contributed by atoms with E-state index < -0.39 is 12.7 Å². The molecule has 2 N–H and O–H groups in total. The van der Waals surface area contributed by atoms with E-state index in [1.54, 1.807) is 12.5 Å². The summed E-state index contributed by atoms with van der Waals surface area (Å²) in [5.74, 6) is 0. The van der Waals surface area contributed by atoms with Gasteiger partial charge in [-0.3, -0.25) is 9.80 Å². The fraction of sp³-hybridized carbons (Fsp3) is 0.667. The molecule has 2 heterocycles. The highest BCUT2D eigenvalue weighted by molar-refractivity contribution is 5.12. The third-order valence-corrected chi connectivity index (χ3v) is 3.40. The Balaban J connectivity index is 1.88. The quantitative estimate of drug-likeness (QED) is 0.905. The van der Waals surface area contributed by atoms with Crippen molar-refractivity contribution < 1.29 is 17.6 Å². The van der Waals surface area contributed by atoms with Gasteiger partial charge in [0.05, 0.1) is 25.1 Å². The Morgan fingerprint density at radius 2 is 1.95 bits per heavy atom. The summed E-state index contributed by atoms with van der Waals surface area (Å²) < 4.78 is 41.9. The third kappa shape index (κ3) is 3.95. The van der Waals surface area contributed by atoms with Crippen molar-refractivity contribution in [2.45, 2.75) is 12.2 Å². The lowest BCUT2D eigenvalue weighted by Crippen LogP contribution is -2.51. The molecule has 19 heavy (non-hydrogen) atoms. The standard InChI is InChI=1S/C12H18F3N3O/c13-12(14,15)9-17-2-4-18(5-3-17)11(7-16)10-1-6-19-8-10/h1,6,8,11H,2-5,7,9,16H2. The van der Waals surface area contributed by atoms with E-state index in [9.17, 15) is 13.2 Å². The lowest BCUT2D eigenvalue weighted by atomic mass is 10.1. The summed E-state index contributed by atoms with van der Waals surface area (Å²) in [6.07, 6.45) is -0.905. The van der Waals surface area contributed by atoms with Gasteiger partial charge in [-0.2, -0.15) is 13.2 Å². The first kappa shape index (κ1) is 14.4. The average molecular weight is 277 g/mol. The summed E-state index contributed by atoms with van der Waals surface area (Å²) in [4.78, 5) is 3.54. The van der Waals surface area contributed by atoms with E-state index in [4.69, 9.17) is 10.2 Å². The van der Waals surface area contributed by atoms with Crippen LogP contribution in [0.4, 0.5) is 13.2 Å². The minimum atomic E-state index is -4.13. The molecule has 1 aliphatic rings. The van der Waals surface area contributed by atoms with Crippen LogP contribution in [0.3, 0.4) is 0 Å². The molecule has 0 bridgehead atoms. The zero-order valence-corrected chi connectivity index (χ0v) is 10.6. The number of hydrogen-bond donors (Lipinski definition) is 1. The van der Waals surface area contributed by atoms with E-state index in [1.165, 1.54) is 4.90 Å². The first-order chi connectivity index (χ1) is 8.99. The van der Waals surface area contributed by atoms with Gasteiger partial charge in [-0.15, -0.1) is 0 Å². The van der Waals surface area contributed by atoms with Crippen molar-refractivity contribution in [3.05, 3.63) is 24.2 Å². The Bertz CT molecular complexity index is 372. The normalized spacial score (nSPS) is 20.6. The largest absolute Gasteiger partial charge is 0.472 e. The second-order valence-electron chi connectivity index (χ2n) is 4.74. The molecule has 0 aromatic carbocycles. The number of hydrogen-bond acceptors (Lipinski definition) is 4. The second kappa shape index (κ2) is 5.94. The summed E-state index contributed by atoms with van der Waals surface area (Å²) in [6, 6.07) is 1.87. The maximum absolute atomic E-state index is 12.3. The molecule has 1 saturated heterocycles. The molecule has 0 aliphatic carbocycles. The van der Waals surface area contributed by atoms with Crippen LogP contribution >= 0.6 is 0 Å². The molecule has 1 aliphatic heterocycles. The van der Waals surface area contributed by atoms with Crippen molar-refractivity contribution in [1.82, 2.24) is 9.80 Å². The van der Waals surface area contributed by atoms with Gasteiger partial charge < -0.3 is 10.2 Å². The number of nitrogens with zero attached hydrogens (tertiary/aromatic N) is 2. The highest BCUT2D eigenvalue weighted by Crippen LogP contribution is 2.23. The number of rotatable bonds is 4. The number of halogens is 3. The Morgan fingerprint density at radius 1 is 1.26 bits per heavy atom. The highest BCUT2D eigenvalue weighted by atomic mass is 19.4. The maximum atomic E-state index is 12.3. The topological polar surface area (TPSA) is 45.6 Å². The fourth-order valence-electron chi connectivity index (χ4n) is 2.45. The molecule has 1 aromatic heterocycles. The lowest BCUT2D eigenvalue weighted by molar-refractivity contribution is -0.149. The van der Waals surface area contributed by atoms with E-state index in [-0.39, 0.29) is 6.04 Å². The predicted octanol–water partition coefficient (Wildman–Crippen LogP) is 1.46. The molecule has 108 valence electrons. The highest BCUT2D eigenvalue weighted by Gasteiger charge is 2.33. The first-order valence-corrected chi connectivity index (χ1v) is 6.25. The van der Waals surface area contributed by atoms with Gasteiger partial charge in [0.25, 0.3) is 0 Å². The average Bonchev–Trinajstić information content (AvgIpc) is 2.84. The number of nitrogens with two attached hydrogens (primary N) is 1. The molecule has 0 saturated carbocycles. The van der Waals surface area contributed by atoms with Crippen molar-refractivity contribution in [1.29, 1.82) is 0 Å². The monoisotopic (exact) mass is 277 g/mol. The van der Waals surface area contributed by atoms with E-state index in [2.05, 4.69) is 4.90 Å².